The molecular weight excluding hydrogens is 434 g/mol. The molecule has 0 bridgehead atoms. The number of amides is 1. The summed E-state index contributed by atoms with van der Waals surface area (Å²) in [5, 5.41) is 20.9. The number of benzene rings is 2. The van der Waals surface area contributed by atoms with E-state index < -0.39 is 6.04 Å². The molecule has 4 N–H and O–H groups in total. The van der Waals surface area contributed by atoms with E-state index in [-0.39, 0.29) is 42.8 Å². The summed E-state index contributed by atoms with van der Waals surface area (Å²) in [4.78, 5) is 14.9. The number of fused-ring (bicyclic) bond motifs is 1. The molecule has 9 heteroatoms. The van der Waals surface area contributed by atoms with E-state index in [1.807, 2.05) is 32.0 Å². The predicted octanol–water partition coefficient (Wildman–Crippen LogP) is 2.47. The molecule has 0 aliphatic carbocycles. The second kappa shape index (κ2) is 9.15. The zero-order valence-corrected chi connectivity index (χ0v) is 19.0. The maximum atomic E-state index is 13.2. The minimum Gasteiger partial charge on any atom is -0.508 e. The van der Waals surface area contributed by atoms with Gasteiger partial charge in [0.1, 0.15) is 11.8 Å². The number of aliphatic hydroxyl groups is 1. The minimum absolute atomic E-state index is 0.114. The quantitative estimate of drug-likeness (QED) is 0.502. The third-order valence-electron chi connectivity index (χ3n) is 6.23. The van der Waals surface area contributed by atoms with E-state index in [4.69, 9.17) is 21.1 Å². The normalized spacial score (nSPS) is 24.7. The van der Waals surface area contributed by atoms with E-state index in [1.165, 1.54) is 0 Å². The van der Waals surface area contributed by atoms with Crippen molar-refractivity contribution in [1.29, 1.82) is 0 Å². The van der Waals surface area contributed by atoms with E-state index >= 15 is 0 Å². The molecule has 4 atom stereocenters. The highest BCUT2D eigenvalue weighted by atomic mass is 35.5. The number of nitrogens with one attached hydrogen (secondary N) is 2. The number of β-amino-alcohol motifs (C(OH)–C–C–N with tert-alkyl or cyclic N) is 1. The number of carbonyl (C=O) groups excluding carboxylic acids is 1. The van der Waals surface area contributed by atoms with E-state index in [0.717, 1.165) is 11.1 Å². The molecule has 0 radical (unpaired) electrons. The van der Waals surface area contributed by atoms with Crippen LogP contribution in [0.1, 0.15) is 35.7 Å². The Morgan fingerprint density at radius 3 is 2.59 bits per heavy atom. The summed E-state index contributed by atoms with van der Waals surface area (Å²) in [5.74, 6) is 0.926. The smallest absolute Gasteiger partial charge is 0.242 e. The molecule has 4 rings (SSSR count). The van der Waals surface area contributed by atoms with Gasteiger partial charge in [0.2, 0.25) is 5.91 Å². The number of aromatic hydroxyl groups is 1. The molecule has 32 heavy (non-hydrogen) atoms. The summed E-state index contributed by atoms with van der Waals surface area (Å²) in [6.07, 6.45) is 0. The second-order valence-corrected chi connectivity index (χ2v) is 8.43. The topological polar surface area (TPSA) is 103 Å². The SMILES string of the molecule is CCOc1ccc(C2C3C(NNC3c3cc(Cl)c(C)cc3O)C(=O)N2CCO)cc1OC. The first kappa shape index (κ1) is 22.7. The van der Waals surface area contributed by atoms with E-state index in [2.05, 4.69) is 10.9 Å². The number of phenols is 1. The van der Waals surface area contributed by atoms with Gasteiger partial charge in [0, 0.05) is 23.0 Å². The number of aliphatic hydroxyl groups excluding tert-OH is 1. The van der Waals surface area contributed by atoms with Gasteiger partial charge in [-0.3, -0.25) is 4.79 Å². The highest BCUT2D eigenvalue weighted by molar-refractivity contribution is 6.31. The Kier molecular flexibility index (Phi) is 6.48. The molecule has 1 amide bonds. The lowest BCUT2D eigenvalue weighted by Gasteiger charge is -2.31. The van der Waals surface area contributed by atoms with Crippen LogP contribution in [0.3, 0.4) is 0 Å². The van der Waals surface area contributed by atoms with E-state index in [9.17, 15) is 15.0 Å². The van der Waals surface area contributed by atoms with Crippen LogP contribution in [0.25, 0.3) is 0 Å². The Morgan fingerprint density at radius 1 is 1.16 bits per heavy atom. The first-order valence-electron chi connectivity index (χ1n) is 10.6. The van der Waals surface area contributed by atoms with Crippen molar-refractivity contribution in [1.82, 2.24) is 15.8 Å². The first-order chi connectivity index (χ1) is 15.4. The van der Waals surface area contributed by atoms with Gasteiger partial charge in [-0.2, -0.15) is 0 Å². The fraction of sp³-hybridized carbons (Fsp3) is 0.435. The fourth-order valence-electron chi connectivity index (χ4n) is 4.80. The largest absolute Gasteiger partial charge is 0.508 e. The van der Waals surface area contributed by atoms with Gasteiger partial charge in [-0.15, -0.1) is 0 Å². The molecule has 2 aliphatic heterocycles. The highest BCUT2D eigenvalue weighted by Crippen LogP contribution is 2.49. The summed E-state index contributed by atoms with van der Waals surface area (Å²) in [6.45, 7) is 4.27. The van der Waals surface area contributed by atoms with Crippen LogP contribution in [0, 0.1) is 12.8 Å². The third-order valence-corrected chi connectivity index (χ3v) is 6.63. The molecular formula is C23H28ClN3O5. The zero-order chi connectivity index (χ0) is 23.0. The van der Waals surface area contributed by atoms with Crippen LogP contribution >= 0.6 is 11.6 Å². The Balaban J connectivity index is 1.80. The molecule has 0 aromatic heterocycles. The maximum absolute atomic E-state index is 13.2. The molecule has 172 valence electrons. The number of phenolic OH excluding ortho intramolecular Hbond substituents is 1. The highest BCUT2D eigenvalue weighted by Gasteiger charge is 2.55. The van der Waals surface area contributed by atoms with Crippen LogP contribution in [-0.4, -0.2) is 53.9 Å². The van der Waals surface area contributed by atoms with Crippen molar-refractivity contribution in [2.75, 3.05) is 26.9 Å². The first-order valence-corrected chi connectivity index (χ1v) is 11.0. The van der Waals surface area contributed by atoms with Gasteiger partial charge in [0.05, 0.1) is 32.4 Å². The van der Waals surface area contributed by atoms with E-state index in [1.54, 1.807) is 24.1 Å². The third kappa shape index (κ3) is 3.77. The number of aryl methyl sites for hydroxylation is 1. The monoisotopic (exact) mass is 461 g/mol. The Labute approximate surface area is 192 Å². The molecule has 2 aliphatic rings. The maximum Gasteiger partial charge on any atom is 0.242 e. The van der Waals surface area contributed by atoms with Crippen LogP contribution in [0.2, 0.25) is 5.02 Å². The van der Waals surface area contributed by atoms with Gasteiger partial charge in [-0.25, -0.2) is 10.9 Å². The lowest BCUT2D eigenvalue weighted by Crippen LogP contribution is -2.42. The van der Waals surface area contributed by atoms with Gasteiger partial charge < -0.3 is 24.6 Å². The molecule has 2 saturated heterocycles. The zero-order valence-electron chi connectivity index (χ0n) is 18.3. The number of carbonyl (C=O) groups is 1. The van der Waals surface area contributed by atoms with Crippen molar-refractivity contribution in [3.05, 3.63) is 52.0 Å². The van der Waals surface area contributed by atoms with Crippen LogP contribution in [0.15, 0.2) is 30.3 Å². The Morgan fingerprint density at radius 2 is 1.91 bits per heavy atom. The van der Waals surface area contributed by atoms with Crippen molar-refractivity contribution in [3.63, 3.8) is 0 Å². The number of ether oxygens (including phenoxy) is 2. The van der Waals surface area contributed by atoms with Crippen LogP contribution < -0.4 is 20.3 Å². The number of rotatable bonds is 7. The summed E-state index contributed by atoms with van der Waals surface area (Å²) in [5.41, 5.74) is 8.51. The standard InChI is InChI=1S/C23H28ClN3O5/c1-4-32-17-6-5-13(10-18(17)31-3)22-19-20(14-11-15(24)12(2)9-16(14)29)25-26-21(19)23(30)27(22)7-8-28/h5-6,9-11,19-22,25-26,28-29H,4,7-8H2,1-3H3. The Bertz CT molecular complexity index is 1020. The molecule has 2 heterocycles. The van der Waals surface area contributed by atoms with Crippen molar-refractivity contribution in [2.24, 2.45) is 5.92 Å². The molecule has 8 nitrogen and oxygen atoms in total. The second-order valence-electron chi connectivity index (χ2n) is 8.02. The molecule has 2 fully saturated rings. The fourth-order valence-corrected chi connectivity index (χ4v) is 4.97. The average molecular weight is 462 g/mol. The lowest BCUT2D eigenvalue weighted by atomic mass is 9.83. The van der Waals surface area contributed by atoms with Gasteiger partial charge in [0.15, 0.2) is 11.5 Å². The predicted molar refractivity (Wildman–Crippen MR) is 120 cm³/mol. The van der Waals surface area contributed by atoms with Crippen molar-refractivity contribution < 1.29 is 24.5 Å². The minimum atomic E-state index is -0.520. The van der Waals surface area contributed by atoms with Crippen LogP contribution in [0.4, 0.5) is 0 Å². The van der Waals surface area contributed by atoms with Crippen molar-refractivity contribution in [2.45, 2.75) is 32.0 Å². The molecule has 2 aromatic carbocycles. The summed E-state index contributed by atoms with van der Waals surface area (Å²) >= 11 is 6.35. The number of likely N-dealkylation sites (tertiary alicyclic amines) is 1. The molecule has 2 aromatic rings. The van der Waals surface area contributed by atoms with Crippen molar-refractivity contribution >= 4 is 17.5 Å². The van der Waals surface area contributed by atoms with Gasteiger partial charge in [-0.1, -0.05) is 17.7 Å². The van der Waals surface area contributed by atoms with Crippen LogP contribution in [-0.2, 0) is 4.79 Å². The number of methoxy groups -OCH3 is 1. The average Bonchev–Trinajstić information content (AvgIpc) is 3.31. The number of hydrazine groups is 1. The number of hydrogen-bond acceptors (Lipinski definition) is 7. The lowest BCUT2D eigenvalue weighted by molar-refractivity contribution is -0.131. The number of hydrogen-bond donors (Lipinski definition) is 4. The van der Waals surface area contributed by atoms with Gasteiger partial charge in [0.25, 0.3) is 0 Å². The van der Waals surface area contributed by atoms with Crippen molar-refractivity contribution in [3.8, 4) is 17.2 Å². The van der Waals surface area contributed by atoms with Crippen LogP contribution in [0.5, 0.6) is 17.2 Å². The Hall–Kier alpha value is -2.52. The molecule has 4 unspecified atom stereocenters. The number of halogens is 1. The van der Waals surface area contributed by atoms with Gasteiger partial charge >= 0.3 is 0 Å². The van der Waals surface area contributed by atoms with E-state index in [0.29, 0.717) is 28.7 Å². The summed E-state index contributed by atoms with van der Waals surface area (Å²) in [6, 6.07) is 7.71. The number of nitrogens with zero attached hydrogens (tertiary/aromatic N) is 1. The molecule has 0 saturated carbocycles. The summed E-state index contributed by atoms with van der Waals surface area (Å²) in [7, 11) is 1.57. The summed E-state index contributed by atoms with van der Waals surface area (Å²) < 4.78 is 11.2. The molecule has 0 spiro atoms. The van der Waals surface area contributed by atoms with Gasteiger partial charge in [-0.05, 0) is 49.2 Å².